The van der Waals surface area contributed by atoms with Crippen molar-refractivity contribution in [3.63, 3.8) is 0 Å². The van der Waals surface area contributed by atoms with E-state index in [2.05, 4.69) is 66.0 Å². The lowest BCUT2D eigenvalue weighted by atomic mass is 9.98. The average Bonchev–Trinajstić information content (AvgIpc) is 1.65. The van der Waals surface area contributed by atoms with E-state index in [1.807, 2.05) is 212 Å². The van der Waals surface area contributed by atoms with E-state index < -0.39 is 54.3 Å². The first kappa shape index (κ1) is 65.9. The molecule has 3 amide bonds. The molecule has 0 bridgehead atoms. The molecule has 1 saturated heterocycles. The molecule has 3 atom stereocenters. The van der Waals surface area contributed by atoms with E-state index in [9.17, 15) is 39.0 Å². The zero-order valence-corrected chi connectivity index (χ0v) is 55.3. The van der Waals surface area contributed by atoms with Crippen LogP contribution in [0.3, 0.4) is 0 Å². The van der Waals surface area contributed by atoms with Gasteiger partial charge in [0.1, 0.15) is 37.9 Å². The van der Waals surface area contributed by atoms with Crippen LogP contribution in [0.25, 0.3) is 65.7 Å². The topological polar surface area (TPSA) is 198 Å². The molecule has 0 unspecified atom stereocenters. The number of carboxylic acid groups (broad SMARTS) is 2. The molecular formula is C86H71N3O12. The number of nitrogens with one attached hydrogen (secondary N) is 1. The maximum absolute atomic E-state index is 13.1. The van der Waals surface area contributed by atoms with Gasteiger partial charge in [0.25, 0.3) is 0 Å². The molecule has 502 valence electrons. The summed E-state index contributed by atoms with van der Waals surface area (Å²) in [5.41, 5.74) is 16.4. The minimum absolute atomic E-state index is 0.0351. The molecule has 15 nitrogen and oxygen atoms in total. The first-order chi connectivity index (χ1) is 49.4. The van der Waals surface area contributed by atoms with Gasteiger partial charge in [-0.05, 0) is 116 Å². The molecule has 12 aromatic carbocycles. The number of alkyl carbamates (subject to hydrolysis) is 1. The van der Waals surface area contributed by atoms with Crippen molar-refractivity contribution in [1.29, 1.82) is 0 Å². The van der Waals surface area contributed by atoms with E-state index in [0.717, 1.165) is 105 Å². The molecule has 12 aromatic rings. The van der Waals surface area contributed by atoms with Crippen molar-refractivity contribution in [2.45, 2.75) is 55.1 Å². The summed E-state index contributed by atoms with van der Waals surface area (Å²) < 4.78 is 22.2. The summed E-state index contributed by atoms with van der Waals surface area (Å²) in [6.45, 7) is 0.405. The Bertz CT molecular complexity index is 4920. The van der Waals surface area contributed by atoms with Crippen LogP contribution in [0.15, 0.2) is 273 Å². The van der Waals surface area contributed by atoms with Crippen LogP contribution in [-0.4, -0.2) is 108 Å². The number of esters is 1. The fraction of sp³-hybridized carbons (Fsp3) is 0.163. The highest BCUT2D eigenvalue weighted by Crippen LogP contribution is 2.47. The van der Waals surface area contributed by atoms with Gasteiger partial charge in [-0.15, -0.1) is 0 Å². The van der Waals surface area contributed by atoms with Crippen molar-refractivity contribution in [2.75, 3.05) is 33.6 Å². The minimum atomic E-state index is -1.10. The summed E-state index contributed by atoms with van der Waals surface area (Å²) in [5, 5.41) is 28.4. The van der Waals surface area contributed by atoms with Gasteiger partial charge in [-0.25, -0.2) is 28.8 Å². The van der Waals surface area contributed by atoms with E-state index in [4.69, 9.17) is 18.9 Å². The molecule has 3 N–H and O–H groups in total. The Kier molecular flexibility index (Phi) is 19.2. The molecule has 15 heteroatoms. The Hall–Kier alpha value is -12.4. The van der Waals surface area contributed by atoms with E-state index >= 15 is 0 Å². The lowest BCUT2D eigenvalue weighted by Gasteiger charge is -2.25. The van der Waals surface area contributed by atoms with Crippen molar-refractivity contribution in [2.24, 2.45) is 0 Å². The van der Waals surface area contributed by atoms with E-state index in [1.165, 1.54) is 28.0 Å². The number of fused-ring (bicyclic) bond motifs is 12. The van der Waals surface area contributed by atoms with Gasteiger partial charge in [-0.1, -0.05) is 273 Å². The van der Waals surface area contributed by atoms with E-state index in [-0.39, 0.29) is 57.1 Å². The second-order valence-corrected chi connectivity index (χ2v) is 25.5. The molecule has 0 saturated carbocycles. The molecule has 1 fully saturated rings. The normalized spacial score (nSPS) is 14.4. The van der Waals surface area contributed by atoms with Gasteiger partial charge in [0.05, 0.1) is 0 Å². The number of cyclic esters (lactones) is 1. The highest BCUT2D eigenvalue weighted by Gasteiger charge is 2.41. The number of benzene rings is 12. The van der Waals surface area contributed by atoms with Crippen LogP contribution in [0.4, 0.5) is 14.4 Å². The van der Waals surface area contributed by atoms with Crippen molar-refractivity contribution >= 4 is 68.5 Å². The third kappa shape index (κ3) is 13.7. The zero-order chi connectivity index (χ0) is 69.5. The SMILES string of the molecule is CN(C(=O)OCC1c2ccccc2-c2ccccc21)[C@@H](Cc1cccc2ccccc12)C(=O)O.O=C(N[C@@H](Cc1cccc2ccccc12)C(=O)O)OCC1c2ccccc2-c2ccccc21.O=C1OCN(C(=O)OCC2c3ccccc3-c3ccccc32)[C@H]1Cc1cccc2ccccc12. The lowest BCUT2D eigenvalue weighted by Crippen LogP contribution is -2.44. The van der Waals surface area contributed by atoms with Crippen LogP contribution in [0.5, 0.6) is 0 Å². The summed E-state index contributed by atoms with van der Waals surface area (Å²) >= 11 is 0. The monoisotopic (exact) mass is 1340 g/mol. The molecule has 101 heavy (non-hydrogen) atoms. The Morgan fingerprint density at radius 2 is 0.782 bits per heavy atom. The fourth-order valence-electron chi connectivity index (χ4n) is 14.7. The first-order valence-electron chi connectivity index (χ1n) is 33.7. The molecule has 4 aliphatic rings. The van der Waals surface area contributed by atoms with E-state index in [1.54, 1.807) is 0 Å². The van der Waals surface area contributed by atoms with Gasteiger partial charge in [0, 0.05) is 44.1 Å². The molecule has 0 aromatic heterocycles. The smallest absolute Gasteiger partial charge is 0.413 e. The predicted octanol–water partition coefficient (Wildman–Crippen LogP) is 16.6. The summed E-state index contributed by atoms with van der Waals surface area (Å²) in [6.07, 6.45) is -1.17. The number of carboxylic acids is 2. The molecular weight excluding hydrogens is 1270 g/mol. The third-order valence-corrected chi connectivity index (χ3v) is 19.8. The van der Waals surface area contributed by atoms with Gasteiger partial charge in [-0.2, -0.15) is 0 Å². The molecule has 0 radical (unpaired) electrons. The largest absolute Gasteiger partial charge is 0.480 e. The number of amides is 3. The van der Waals surface area contributed by atoms with E-state index in [0.29, 0.717) is 6.42 Å². The van der Waals surface area contributed by atoms with Crippen molar-refractivity contribution < 1.29 is 57.9 Å². The number of likely N-dealkylation sites (N-methyl/N-ethyl adjacent to an activating group) is 1. The first-order valence-corrected chi connectivity index (χ1v) is 33.7. The number of aliphatic carboxylic acids is 2. The van der Waals surface area contributed by atoms with Crippen LogP contribution in [-0.2, 0) is 52.6 Å². The molecule has 16 rings (SSSR count). The maximum atomic E-state index is 13.1. The number of carbonyl (C=O) groups is 6. The number of hydrogen-bond acceptors (Lipinski definition) is 10. The Morgan fingerprint density at radius 3 is 1.20 bits per heavy atom. The van der Waals surface area contributed by atoms with Gasteiger partial charge < -0.3 is 34.5 Å². The molecule has 1 heterocycles. The highest BCUT2D eigenvalue weighted by atomic mass is 16.6. The van der Waals surface area contributed by atoms with Gasteiger partial charge in [-0.3, -0.25) is 9.80 Å². The predicted molar refractivity (Wildman–Crippen MR) is 388 cm³/mol. The summed E-state index contributed by atoms with van der Waals surface area (Å²) in [6, 6.07) is 87.2. The Labute approximate surface area is 583 Å². The standard InChI is InChI=1S/C29H23NO4.C29H25NO4.C28H23NO4/c31-28-27(16-20-10-7-9-19-8-1-2-11-21(19)20)30(18-34-28)29(32)33-17-26-24-14-5-3-12-22(24)23-13-4-6-15-25(23)26;1-30(27(28(31)32)17-20-11-8-10-19-9-2-3-12-21(19)20)29(33)34-18-26-24-15-6-4-13-22(24)23-14-5-7-16-25(23)26;30-27(31)26(16-19-10-7-9-18-8-1-2-11-20(18)19)29-28(32)33-17-25-23-14-5-3-12-21(23)22-13-4-6-15-24(22)25/h1-15,26-27H,16-18H2;2-16,26-27H,17-18H2,1H3,(H,31,32);1-15,25-26H,16-17H2,(H,29,32)(H,30,31)/t2*27-;26-/m000/s1. The van der Waals surface area contributed by atoms with Crippen molar-refractivity contribution in [3.8, 4) is 33.4 Å². The number of nitrogens with zero attached hydrogens (tertiary/aromatic N) is 2. The molecule has 1 aliphatic heterocycles. The Balaban J connectivity index is 0.000000129. The number of hydrogen-bond donors (Lipinski definition) is 3. The average molecular weight is 1340 g/mol. The van der Waals surface area contributed by atoms with Crippen molar-refractivity contribution in [3.05, 3.63) is 323 Å². The summed E-state index contributed by atoms with van der Waals surface area (Å²) in [5.74, 6) is -2.76. The van der Waals surface area contributed by atoms with Crippen LogP contribution in [0, 0.1) is 0 Å². The quantitative estimate of drug-likeness (QED) is 0.0612. The lowest BCUT2D eigenvalue weighted by molar-refractivity contribution is -0.142. The number of rotatable bonds is 16. The number of carbonyl (C=O) groups excluding carboxylic acids is 4. The summed E-state index contributed by atoms with van der Waals surface area (Å²) in [7, 11) is 1.49. The van der Waals surface area contributed by atoms with Gasteiger partial charge >= 0.3 is 36.2 Å². The summed E-state index contributed by atoms with van der Waals surface area (Å²) in [4.78, 5) is 77.8. The zero-order valence-electron chi connectivity index (χ0n) is 55.3. The number of ether oxygens (including phenoxy) is 4. The van der Waals surface area contributed by atoms with Crippen LogP contribution < -0.4 is 5.32 Å². The molecule has 3 aliphatic carbocycles. The maximum Gasteiger partial charge on any atom is 0.413 e. The van der Waals surface area contributed by atoms with Crippen molar-refractivity contribution in [1.82, 2.24) is 15.1 Å². The van der Waals surface area contributed by atoms with Crippen LogP contribution >= 0.6 is 0 Å². The highest BCUT2D eigenvalue weighted by molar-refractivity contribution is 5.91. The van der Waals surface area contributed by atoms with Crippen LogP contribution in [0.1, 0.15) is 67.8 Å². The van der Waals surface area contributed by atoms with Gasteiger partial charge in [0.15, 0.2) is 6.73 Å². The Morgan fingerprint density at radius 1 is 0.436 bits per heavy atom. The third-order valence-electron chi connectivity index (χ3n) is 19.8. The van der Waals surface area contributed by atoms with Crippen LogP contribution in [0.2, 0.25) is 0 Å². The fourth-order valence-corrected chi connectivity index (χ4v) is 14.7. The van der Waals surface area contributed by atoms with Gasteiger partial charge in [0.2, 0.25) is 0 Å². The minimum Gasteiger partial charge on any atom is -0.480 e. The second-order valence-electron chi connectivity index (χ2n) is 25.5. The second kappa shape index (κ2) is 29.4. The molecule has 0 spiro atoms.